The molecule has 1 amide bonds. The molecule has 0 aliphatic rings. The van der Waals surface area contributed by atoms with E-state index in [2.05, 4.69) is 5.32 Å². The van der Waals surface area contributed by atoms with E-state index < -0.39 is 6.04 Å². The van der Waals surface area contributed by atoms with Crippen molar-refractivity contribution in [2.75, 3.05) is 20.7 Å². The Balaban J connectivity index is 1.93. The van der Waals surface area contributed by atoms with Crippen LogP contribution in [0.4, 0.5) is 4.39 Å². The number of likely N-dealkylation sites (N-methyl/N-ethyl adjacent to an activating group) is 2. The molecule has 0 aromatic heterocycles. The standard InChI is InChI=1S/C19H23FN2O3/c1-21-19(24)18(12-23)22(2)11-14-7-9-16(10-8-14)25-13-15-5-3-4-6-17(15)20/h3-10,18,23H,11-13H2,1-2H3,(H,21,24)/t18-/m0/s1. The number of hydrogen-bond acceptors (Lipinski definition) is 4. The molecule has 2 rings (SSSR count). The van der Waals surface area contributed by atoms with E-state index in [0.29, 0.717) is 17.9 Å². The third-order valence-corrected chi connectivity index (χ3v) is 3.96. The second-order valence-electron chi connectivity index (χ2n) is 5.75. The predicted molar refractivity (Wildman–Crippen MR) is 93.6 cm³/mol. The van der Waals surface area contributed by atoms with Gasteiger partial charge in [0, 0.05) is 19.2 Å². The van der Waals surface area contributed by atoms with Crippen molar-refractivity contribution < 1.29 is 19.0 Å². The minimum Gasteiger partial charge on any atom is -0.489 e. The number of carbonyl (C=O) groups is 1. The number of carbonyl (C=O) groups excluding carboxylic acids is 1. The lowest BCUT2D eigenvalue weighted by molar-refractivity contribution is -0.127. The zero-order chi connectivity index (χ0) is 18.2. The highest BCUT2D eigenvalue weighted by Crippen LogP contribution is 2.17. The molecular weight excluding hydrogens is 323 g/mol. The van der Waals surface area contributed by atoms with Crippen LogP contribution in [0.3, 0.4) is 0 Å². The number of halogens is 1. The average Bonchev–Trinajstić information content (AvgIpc) is 2.62. The number of benzene rings is 2. The zero-order valence-corrected chi connectivity index (χ0v) is 14.4. The van der Waals surface area contributed by atoms with E-state index in [4.69, 9.17) is 4.74 Å². The molecular formula is C19H23FN2O3. The highest BCUT2D eigenvalue weighted by Gasteiger charge is 2.21. The summed E-state index contributed by atoms with van der Waals surface area (Å²) in [5, 5.41) is 11.9. The third kappa shape index (κ3) is 5.27. The second-order valence-corrected chi connectivity index (χ2v) is 5.75. The maximum atomic E-state index is 13.6. The predicted octanol–water partition coefficient (Wildman–Crippen LogP) is 1.94. The molecule has 0 aliphatic heterocycles. The number of amides is 1. The van der Waals surface area contributed by atoms with Crippen LogP contribution in [0.5, 0.6) is 5.75 Å². The van der Waals surface area contributed by atoms with Gasteiger partial charge in [-0.15, -0.1) is 0 Å². The van der Waals surface area contributed by atoms with E-state index in [1.165, 1.54) is 6.07 Å². The minimum absolute atomic E-state index is 0.162. The summed E-state index contributed by atoms with van der Waals surface area (Å²) in [6.45, 7) is 0.418. The Bertz CT molecular complexity index is 691. The van der Waals surface area contributed by atoms with Gasteiger partial charge in [-0.2, -0.15) is 0 Å². The van der Waals surface area contributed by atoms with Gasteiger partial charge in [-0.1, -0.05) is 30.3 Å². The number of aliphatic hydroxyl groups excluding tert-OH is 1. The normalized spacial score (nSPS) is 12.0. The monoisotopic (exact) mass is 346 g/mol. The van der Waals surface area contributed by atoms with E-state index in [0.717, 1.165) is 5.56 Å². The van der Waals surface area contributed by atoms with Crippen molar-refractivity contribution in [1.29, 1.82) is 0 Å². The summed E-state index contributed by atoms with van der Waals surface area (Å²) in [4.78, 5) is 13.5. The van der Waals surface area contributed by atoms with Crippen molar-refractivity contribution in [2.24, 2.45) is 0 Å². The van der Waals surface area contributed by atoms with Gasteiger partial charge >= 0.3 is 0 Å². The summed E-state index contributed by atoms with van der Waals surface area (Å²) >= 11 is 0. The SMILES string of the molecule is CNC(=O)[C@H](CO)N(C)Cc1ccc(OCc2ccccc2F)cc1. The van der Waals surface area contributed by atoms with Crippen molar-refractivity contribution >= 4 is 5.91 Å². The highest BCUT2D eigenvalue weighted by atomic mass is 19.1. The van der Waals surface area contributed by atoms with Gasteiger partial charge in [0.15, 0.2) is 0 Å². The van der Waals surface area contributed by atoms with Crippen molar-refractivity contribution in [2.45, 2.75) is 19.2 Å². The molecule has 6 heteroatoms. The first-order chi connectivity index (χ1) is 12.0. The number of nitrogens with zero attached hydrogens (tertiary/aromatic N) is 1. The summed E-state index contributed by atoms with van der Waals surface area (Å²) < 4.78 is 19.2. The van der Waals surface area contributed by atoms with Gasteiger partial charge in [-0.05, 0) is 30.8 Å². The first kappa shape index (κ1) is 18.9. The van der Waals surface area contributed by atoms with Gasteiger partial charge in [0.05, 0.1) is 6.61 Å². The van der Waals surface area contributed by atoms with Gasteiger partial charge < -0.3 is 15.2 Å². The molecule has 0 radical (unpaired) electrons. The fourth-order valence-electron chi connectivity index (χ4n) is 2.45. The quantitative estimate of drug-likeness (QED) is 0.767. The van der Waals surface area contributed by atoms with Crippen molar-refractivity contribution in [3.05, 3.63) is 65.5 Å². The lowest BCUT2D eigenvalue weighted by atomic mass is 10.1. The number of nitrogens with one attached hydrogen (secondary N) is 1. The van der Waals surface area contributed by atoms with Gasteiger partial charge in [0.1, 0.15) is 24.2 Å². The summed E-state index contributed by atoms with van der Waals surface area (Å²) in [5.74, 6) is 0.125. The molecule has 5 nitrogen and oxygen atoms in total. The third-order valence-electron chi connectivity index (χ3n) is 3.96. The maximum Gasteiger partial charge on any atom is 0.239 e. The minimum atomic E-state index is -0.595. The maximum absolute atomic E-state index is 13.6. The molecule has 134 valence electrons. The van der Waals surface area contributed by atoms with Crippen LogP contribution < -0.4 is 10.1 Å². The van der Waals surface area contributed by atoms with Crippen LogP contribution in [0.25, 0.3) is 0 Å². The molecule has 0 unspecified atom stereocenters. The fourth-order valence-corrected chi connectivity index (χ4v) is 2.45. The summed E-state index contributed by atoms with van der Waals surface area (Å²) in [7, 11) is 3.32. The molecule has 0 bridgehead atoms. The van der Waals surface area contributed by atoms with Gasteiger partial charge in [-0.3, -0.25) is 9.69 Å². The lowest BCUT2D eigenvalue weighted by Gasteiger charge is -2.25. The Hall–Kier alpha value is -2.44. The van der Waals surface area contributed by atoms with Crippen molar-refractivity contribution in [1.82, 2.24) is 10.2 Å². The Morgan fingerprint density at radius 1 is 1.24 bits per heavy atom. The van der Waals surface area contributed by atoms with Crippen LogP contribution in [0, 0.1) is 5.82 Å². The lowest BCUT2D eigenvalue weighted by Crippen LogP contribution is -2.46. The topological polar surface area (TPSA) is 61.8 Å². The highest BCUT2D eigenvalue weighted by molar-refractivity contribution is 5.81. The first-order valence-corrected chi connectivity index (χ1v) is 8.03. The van der Waals surface area contributed by atoms with E-state index in [1.54, 1.807) is 49.3 Å². The van der Waals surface area contributed by atoms with Gasteiger partial charge in [0.25, 0.3) is 0 Å². The molecule has 2 aromatic rings. The number of hydrogen-bond donors (Lipinski definition) is 2. The summed E-state index contributed by atoms with van der Waals surface area (Å²) in [6.07, 6.45) is 0. The van der Waals surface area contributed by atoms with Crippen molar-refractivity contribution in [3.8, 4) is 5.75 Å². The average molecular weight is 346 g/mol. The largest absolute Gasteiger partial charge is 0.489 e. The molecule has 0 fully saturated rings. The molecule has 0 spiro atoms. The molecule has 0 saturated heterocycles. The van der Waals surface area contributed by atoms with Crippen molar-refractivity contribution in [3.63, 3.8) is 0 Å². The number of ether oxygens (including phenoxy) is 1. The van der Waals surface area contributed by atoms with Gasteiger partial charge in [0.2, 0.25) is 5.91 Å². The smallest absolute Gasteiger partial charge is 0.239 e. The Morgan fingerprint density at radius 3 is 2.52 bits per heavy atom. The molecule has 0 saturated carbocycles. The summed E-state index contributed by atoms with van der Waals surface area (Å²) in [5.41, 5.74) is 1.48. The molecule has 0 aliphatic carbocycles. The molecule has 2 N–H and O–H groups in total. The van der Waals surface area contributed by atoms with Crippen LogP contribution in [0.15, 0.2) is 48.5 Å². The van der Waals surface area contributed by atoms with Crippen LogP contribution in [-0.4, -0.2) is 42.7 Å². The van der Waals surface area contributed by atoms with Gasteiger partial charge in [-0.25, -0.2) is 4.39 Å². The van der Waals surface area contributed by atoms with Crippen LogP contribution in [-0.2, 0) is 17.9 Å². The molecule has 0 heterocycles. The van der Waals surface area contributed by atoms with Crippen LogP contribution in [0.1, 0.15) is 11.1 Å². The Labute approximate surface area is 147 Å². The number of aliphatic hydroxyl groups is 1. The van der Waals surface area contributed by atoms with E-state index in [-0.39, 0.29) is 24.9 Å². The fraction of sp³-hybridized carbons (Fsp3) is 0.316. The Morgan fingerprint density at radius 2 is 1.92 bits per heavy atom. The molecule has 1 atom stereocenters. The van der Waals surface area contributed by atoms with E-state index >= 15 is 0 Å². The second kappa shape index (κ2) is 9.15. The van der Waals surface area contributed by atoms with E-state index in [9.17, 15) is 14.3 Å². The summed E-state index contributed by atoms with van der Waals surface area (Å²) in [6, 6.07) is 13.3. The molecule has 2 aromatic carbocycles. The Kier molecular flexibility index (Phi) is 6.91. The van der Waals surface area contributed by atoms with Crippen LogP contribution >= 0.6 is 0 Å². The molecule has 25 heavy (non-hydrogen) atoms. The first-order valence-electron chi connectivity index (χ1n) is 8.03. The zero-order valence-electron chi connectivity index (χ0n) is 14.4. The number of rotatable bonds is 8. The van der Waals surface area contributed by atoms with Crippen LogP contribution in [0.2, 0.25) is 0 Å². The van der Waals surface area contributed by atoms with E-state index in [1.807, 2.05) is 12.1 Å².